The summed E-state index contributed by atoms with van der Waals surface area (Å²) < 4.78 is 1.94. The van der Waals surface area contributed by atoms with Gasteiger partial charge in [-0.25, -0.2) is 4.98 Å². The summed E-state index contributed by atoms with van der Waals surface area (Å²) in [5.74, 6) is 2.07. The molecule has 2 saturated heterocycles. The van der Waals surface area contributed by atoms with E-state index in [1.165, 1.54) is 39.0 Å². The van der Waals surface area contributed by atoms with Crippen LogP contribution in [0, 0.1) is 11.8 Å². The average Bonchev–Trinajstić information content (AvgIpc) is 3.00. The zero-order valence-corrected chi connectivity index (χ0v) is 14.7. The summed E-state index contributed by atoms with van der Waals surface area (Å²) in [7, 11) is 1.96. The molecule has 130 valence electrons. The van der Waals surface area contributed by atoms with E-state index in [1.807, 2.05) is 17.8 Å². The largest absolute Gasteiger partial charge is 0.385 e. The van der Waals surface area contributed by atoms with Crippen molar-refractivity contribution >= 4 is 0 Å². The molecule has 1 N–H and O–H groups in total. The molecule has 3 heterocycles. The molecule has 5 heteroatoms. The summed E-state index contributed by atoms with van der Waals surface area (Å²) in [5.41, 5.74) is 0. The zero-order chi connectivity index (χ0) is 16.2. The second-order valence-electron chi connectivity index (χ2n) is 7.54. The number of aliphatic hydroxyl groups excluding tert-OH is 1. The molecule has 0 aromatic carbocycles. The Kier molecular flexibility index (Phi) is 5.72. The van der Waals surface area contributed by atoms with Crippen molar-refractivity contribution in [2.75, 3.05) is 39.3 Å². The van der Waals surface area contributed by atoms with E-state index in [9.17, 15) is 5.11 Å². The minimum absolute atomic E-state index is 0.350. The van der Waals surface area contributed by atoms with Crippen molar-refractivity contribution in [2.45, 2.75) is 38.7 Å². The molecule has 0 saturated carbocycles. The first-order valence-corrected chi connectivity index (χ1v) is 9.23. The van der Waals surface area contributed by atoms with Gasteiger partial charge in [-0.15, -0.1) is 0 Å². The second kappa shape index (κ2) is 7.77. The number of piperidine rings is 2. The van der Waals surface area contributed by atoms with Crippen LogP contribution in [-0.2, 0) is 7.05 Å². The molecule has 0 radical (unpaired) electrons. The lowest BCUT2D eigenvalue weighted by molar-refractivity contribution is 0.0472. The van der Waals surface area contributed by atoms with Crippen molar-refractivity contribution in [1.29, 1.82) is 0 Å². The van der Waals surface area contributed by atoms with E-state index in [0.29, 0.717) is 5.92 Å². The summed E-state index contributed by atoms with van der Waals surface area (Å²) in [5, 5.41) is 10.5. The van der Waals surface area contributed by atoms with Gasteiger partial charge in [0.1, 0.15) is 11.9 Å². The third-order valence-electron chi connectivity index (χ3n) is 5.81. The van der Waals surface area contributed by atoms with Gasteiger partial charge in [-0.2, -0.15) is 0 Å². The fourth-order valence-corrected chi connectivity index (χ4v) is 3.93. The van der Waals surface area contributed by atoms with Gasteiger partial charge in [0.2, 0.25) is 0 Å². The number of aromatic nitrogens is 2. The monoisotopic (exact) mass is 320 g/mol. The van der Waals surface area contributed by atoms with Gasteiger partial charge in [0.05, 0.1) is 0 Å². The smallest absolute Gasteiger partial charge is 0.137 e. The normalized spacial score (nSPS) is 24.1. The first-order chi connectivity index (χ1) is 11.1. The molecular weight excluding hydrogens is 288 g/mol. The molecule has 5 nitrogen and oxygen atoms in total. The maximum Gasteiger partial charge on any atom is 0.137 e. The van der Waals surface area contributed by atoms with Gasteiger partial charge in [0.25, 0.3) is 0 Å². The molecule has 1 atom stereocenters. The third-order valence-corrected chi connectivity index (χ3v) is 5.81. The zero-order valence-electron chi connectivity index (χ0n) is 14.7. The molecular formula is C18H32N4O. The van der Waals surface area contributed by atoms with Crippen molar-refractivity contribution < 1.29 is 5.11 Å². The van der Waals surface area contributed by atoms with Crippen LogP contribution in [0.15, 0.2) is 12.4 Å². The Hall–Kier alpha value is -0.910. The molecule has 23 heavy (non-hydrogen) atoms. The lowest BCUT2D eigenvalue weighted by atomic mass is 9.90. The predicted octanol–water partition coefficient (Wildman–Crippen LogP) is 1.90. The summed E-state index contributed by atoms with van der Waals surface area (Å²) in [6.07, 6.45) is 8.13. The number of imidazole rings is 1. The SMILES string of the molecule is CC1CCN(CCN2CCC(C(O)c3nccn3C)CC2)CC1. The van der Waals surface area contributed by atoms with Gasteiger partial charge < -0.3 is 19.5 Å². The lowest BCUT2D eigenvalue weighted by Crippen LogP contribution is -2.42. The Morgan fingerprint density at radius 3 is 2.17 bits per heavy atom. The highest BCUT2D eigenvalue weighted by Crippen LogP contribution is 2.29. The number of nitrogens with zero attached hydrogens (tertiary/aromatic N) is 4. The van der Waals surface area contributed by atoms with Crippen molar-refractivity contribution in [3.05, 3.63) is 18.2 Å². The Balaban J connectivity index is 1.39. The van der Waals surface area contributed by atoms with Crippen molar-refractivity contribution in [3.8, 4) is 0 Å². The van der Waals surface area contributed by atoms with Crippen molar-refractivity contribution in [1.82, 2.24) is 19.4 Å². The number of likely N-dealkylation sites (tertiary alicyclic amines) is 2. The van der Waals surface area contributed by atoms with E-state index < -0.39 is 6.10 Å². The Bertz CT molecular complexity index is 473. The third kappa shape index (κ3) is 4.34. The van der Waals surface area contributed by atoms with E-state index in [0.717, 1.165) is 37.7 Å². The minimum Gasteiger partial charge on any atom is -0.385 e. The number of hydrogen-bond acceptors (Lipinski definition) is 4. The second-order valence-corrected chi connectivity index (χ2v) is 7.54. The molecule has 1 aromatic heterocycles. The topological polar surface area (TPSA) is 44.5 Å². The van der Waals surface area contributed by atoms with Crippen LogP contribution in [-0.4, -0.2) is 63.7 Å². The Morgan fingerprint density at radius 2 is 1.65 bits per heavy atom. The van der Waals surface area contributed by atoms with Crippen LogP contribution < -0.4 is 0 Å². The first-order valence-electron chi connectivity index (χ1n) is 9.23. The van der Waals surface area contributed by atoms with E-state index >= 15 is 0 Å². The number of aryl methyl sites for hydroxylation is 1. The van der Waals surface area contributed by atoms with Gasteiger partial charge in [0.15, 0.2) is 0 Å². The van der Waals surface area contributed by atoms with Crippen LogP contribution in [0.4, 0.5) is 0 Å². The molecule has 3 rings (SSSR count). The van der Waals surface area contributed by atoms with Crippen LogP contribution in [0.5, 0.6) is 0 Å². The minimum atomic E-state index is -0.416. The van der Waals surface area contributed by atoms with Crippen molar-refractivity contribution in [2.24, 2.45) is 18.9 Å². The van der Waals surface area contributed by atoms with Crippen LogP contribution in [0.2, 0.25) is 0 Å². The van der Waals surface area contributed by atoms with E-state index in [-0.39, 0.29) is 0 Å². The van der Waals surface area contributed by atoms with Crippen LogP contribution in [0.1, 0.15) is 44.5 Å². The molecule has 0 spiro atoms. The molecule has 1 aromatic rings. The summed E-state index contributed by atoms with van der Waals surface area (Å²) in [6.45, 7) is 9.52. The van der Waals surface area contributed by atoms with Crippen LogP contribution >= 0.6 is 0 Å². The number of hydrogen-bond donors (Lipinski definition) is 1. The van der Waals surface area contributed by atoms with Gasteiger partial charge in [0, 0.05) is 32.5 Å². The fraction of sp³-hybridized carbons (Fsp3) is 0.833. The predicted molar refractivity (Wildman–Crippen MR) is 92.2 cm³/mol. The maximum absolute atomic E-state index is 10.5. The van der Waals surface area contributed by atoms with E-state index in [4.69, 9.17) is 0 Å². The van der Waals surface area contributed by atoms with E-state index in [1.54, 1.807) is 6.20 Å². The lowest BCUT2D eigenvalue weighted by Gasteiger charge is -2.36. The first kappa shape index (κ1) is 16.9. The Morgan fingerprint density at radius 1 is 1.09 bits per heavy atom. The van der Waals surface area contributed by atoms with Gasteiger partial charge in [-0.1, -0.05) is 6.92 Å². The number of aliphatic hydroxyl groups is 1. The molecule has 2 aliphatic rings. The fourth-order valence-electron chi connectivity index (χ4n) is 3.93. The summed E-state index contributed by atoms with van der Waals surface area (Å²) in [6, 6.07) is 0. The van der Waals surface area contributed by atoms with Crippen LogP contribution in [0.3, 0.4) is 0 Å². The summed E-state index contributed by atoms with van der Waals surface area (Å²) >= 11 is 0. The molecule has 0 amide bonds. The van der Waals surface area contributed by atoms with Crippen LogP contribution in [0.25, 0.3) is 0 Å². The molecule has 2 aliphatic heterocycles. The summed E-state index contributed by atoms with van der Waals surface area (Å²) in [4.78, 5) is 9.50. The number of rotatable bonds is 5. The quantitative estimate of drug-likeness (QED) is 0.900. The average molecular weight is 320 g/mol. The standard InChI is InChI=1S/C18H32N4O/c1-15-3-8-21(9-4-15)13-14-22-10-5-16(6-11-22)17(23)18-19-7-12-20(18)2/h7,12,15-17,23H,3-6,8-11,13-14H2,1-2H3. The van der Waals surface area contributed by atoms with E-state index in [2.05, 4.69) is 21.7 Å². The van der Waals surface area contributed by atoms with Gasteiger partial charge in [-0.05, 0) is 63.7 Å². The Labute approximate surface area is 140 Å². The highest BCUT2D eigenvalue weighted by molar-refractivity contribution is 4.98. The van der Waals surface area contributed by atoms with Crippen molar-refractivity contribution in [3.63, 3.8) is 0 Å². The molecule has 1 unspecified atom stereocenters. The molecule has 2 fully saturated rings. The van der Waals surface area contributed by atoms with Gasteiger partial charge in [-0.3, -0.25) is 0 Å². The maximum atomic E-state index is 10.5. The highest BCUT2D eigenvalue weighted by atomic mass is 16.3. The molecule has 0 bridgehead atoms. The molecule has 0 aliphatic carbocycles. The highest BCUT2D eigenvalue weighted by Gasteiger charge is 2.28. The van der Waals surface area contributed by atoms with Gasteiger partial charge >= 0.3 is 0 Å².